The van der Waals surface area contributed by atoms with E-state index in [1.165, 1.54) is 6.92 Å². The lowest BCUT2D eigenvalue weighted by atomic mass is 10.1. The van der Waals surface area contributed by atoms with E-state index in [1.54, 1.807) is 38.1 Å². The molecule has 2 unspecified atom stereocenters. The molecule has 0 saturated carbocycles. The van der Waals surface area contributed by atoms with Crippen LogP contribution in [0.15, 0.2) is 24.3 Å². The number of rotatable bonds is 8. The molecule has 0 aromatic heterocycles. The Bertz CT molecular complexity index is 571. The van der Waals surface area contributed by atoms with E-state index < -0.39 is 18.1 Å². The fourth-order valence-corrected chi connectivity index (χ4v) is 1.84. The van der Waals surface area contributed by atoms with Gasteiger partial charge in [0.2, 0.25) is 5.91 Å². The van der Waals surface area contributed by atoms with Crippen LogP contribution in [0.25, 0.3) is 0 Å². The molecule has 0 aliphatic heterocycles. The molecule has 0 saturated heterocycles. The molecule has 1 rings (SSSR count). The molecule has 6 heteroatoms. The van der Waals surface area contributed by atoms with Gasteiger partial charge >= 0.3 is 0 Å². The Labute approximate surface area is 136 Å². The molecule has 126 valence electrons. The second-order valence-electron chi connectivity index (χ2n) is 5.37. The van der Waals surface area contributed by atoms with Crippen LogP contribution in [0.1, 0.15) is 44.5 Å². The Morgan fingerprint density at radius 2 is 1.87 bits per heavy atom. The summed E-state index contributed by atoms with van der Waals surface area (Å²) < 4.78 is 5.53. The number of hydrogen-bond donors (Lipinski definition) is 2. The van der Waals surface area contributed by atoms with Crippen LogP contribution in [-0.2, 0) is 9.59 Å². The minimum absolute atomic E-state index is 0.0752. The first-order valence-corrected chi connectivity index (χ1v) is 7.70. The van der Waals surface area contributed by atoms with Crippen molar-refractivity contribution in [3.8, 4) is 5.75 Å². The third kappa shape index (κ3) is 6.10. The summed E-state index contributed by atoms with van der Waals surface area (Å²) in [6, 6.07) is 6.00. The van der Waals surface area contributed by atoms with Crippen molar-refractivity contribution in [2.45, 2.75) is 46.3 Å². The van der Waals surface area contributed by atoms with Gasteiger partial charge in [-0.05, 0) is 39.3 Å². The van der Waals surface area contributed by atoms with Gasteiger partial charge in [0.25, 0.3) is 5.91 Å². The monoisotopic (exact) mass is 320 g/mol. The summed E-state index contributed by atoms with van der Waals surface area (Å²) in [5, 5.41) is 5.32. The van der Waals surface area contributed by atoms with E-state index in [2.05, 4.69) is 10.6 Å². The van der Waals surface area contributed by atoms with Gasteiger partial charge in [-0.3, -0.25) is 14.4 Å². The summed E-state index contributed by atoms with van der Waals surface area (Å²) >= 11 is 0. The zero-order valence-electron chi connectivity index (χ0n) is 14.0. The molecular formula is C17H24N2O4. The standard InChI is InChI=1S/C17H24N2O4/c1-5-9-18-16(21)11(2)19-17(22)13(4)23-15-8-6-7-14(10-15)12(3)20/h6-8,10-11,13H,5,9H2,1-4H3,(H,18,21)(H,19,22). The Kier molecular flexibility index (Phi) is 7.25. The summed E-state index contributed by atoms with van der Waals surface area (Å²) in [4.78, 5) is 35.2. The number of ketones is 1. The molecular weight excluding hydrogens is 296 g/mol. The highest BCUT2D eigenvalue weighted by atomic mass is 16.5. The molecule has 2 N–H and O–H groups in total. The van der Waals surface area contributed by atoms with Crippen LogP contribution in [0.2, 0.25) is 0 Å². The van der Waals surface area contributed by atoms with Crippen molar-refractivity contribution in [1.29, 1.82) is 0 Å². The largest absolute Gasteiger partial charge is 0.481 e. The van der Waals surface area contributed by atoms with Gasteiger partial charge in [-0.15, -0.1) is 0 Å². The Hall–Kier alpha value is -2.37. The minimum atomic E-state index is -0.779. The van der Waals surface area contributed by atoms with Gasteiger partial charge in [-0.1, -0.05) is 19.1 Å². The Morgan fingerprint density at radius 1 is 1.17 bits per heavy atom. The summed E-state index contributed by atoms with van der Waals surface area (Å²) in [6.45, 7) is 7.20. The summed E-state index contributed by atoms with van der Waals surface area (Å²) in [7, 11) is 0. The first-order chi connectivity index (χ1) is 10.8. The molecule has 0 aliphatic carbocycles. The summed E-state index contributed by atoms with van der Waals surface area (Å²) in [6.07, 6.45) is 0.0527. The van der Waals surface area contributed by atoms with Crippen LogP contribution in [0, 0.1) is 0 Å². The van der Waals surface area contributed by atoms with Crippen molar-refractivity contribution >= 4 is 17.6 Å². The van der Waals surface area contributed by atoms with E-state index >= 15 is 0 Å². The third-order valence-electron chi connectivity index (χ3n) is 3.22. The van der Waals surface area contributed by atoms with Crippen molar-refractivity contribution in [2.75, 3.05) is 6.54 Å². The Morgan fingerprint density at radius 3 is 2.48 bits per heavy atom. The fourth-order valence-electron chi connectivity index (χ4n) is 1.84. The highest BCUT2D eigenvalue weighted by Gasteiger charge is 2.20. The van der Waals surface area contributed by atoms with E-state index in [-0.39, 0.29) is 11.7 Å². The number of amides is 2. The molecule has 1 aromatic carbocycles. The lowest BCUT2D eigenvalue weighted by molar-refractivity contribution is -0.132. The number of hydrogen-bond acceptors (Lipinski definition) is 4. The lowest BCUT2D eigenvalue weighted by Gasteiger charge is -2.18. The molecule has 0 heterocycles. The molecule has 0 aliphatic rings. The fraction of sp³-hybridized carbons (Fsp3) is 0.471. The smallest absolute Gasteiger partial charge is 0.261 e. The zero-order valence-corrected chi connectivity index (χ0v) is 14.0. The maximum atomic E-state index is 12.1. The molecule has 0 bridgehead atoms. The van der Waals surface area contributed by atoms with Crippen LogP contribution in [-0.4, -0.2) is 36.3 Å². The van der Waals surface area contributed by atoms with Crippen molar-refractivity contribution in [2.24, 2.45) is 0 Å². The molecule has 2 amide bonds. The number of Topliss-reactive ketones (excluding diaryl/α,β-unsaturated/α-hetero) is 1. The molecule has 23 heavy (non-hydrogen) atoms. The van der Waals surface area contributed by atoms with E-state index in [1.807, 2.05) is 6.92 Å². The van der Waals surface area contributed by atoms with Crippen molar-refractivity contribution < 1.29 is 19.1 Å². The van der Waals surface area contributed by atoms with Crippen LogP contribution in [0.3, 0.4) is 0 Å². The second kappa shape index (κ2) is 8.92. The topological polar surface area (TPSA) is 84.5 Å². The van der Waals surface area contributed by atoms with Gasteiger partial charge in [-0.2, -0.15) is 0 Å². The second-order valence-corrected chi connectivity index (χ2v) is 5.37. The molecule has 0 spiro atoms. The average Bonchev–Trinajstić information content (AvgIpc) is 2.52. The number of ether oxygens (including phenoxy) is 1. The van der Waals surface area contributed by atoms with E-state index in [0.717, 1.165) is 6.42 Å². The Balaban J connectivity index is 2.58. The summed E-state index contributed by atoms with van der Waals surface area (Å²) in [5.41, 5.74) is 0.516. The lowest BCUT2D eigenvalue weighted by Crippen LogP contribution is -2.48. The number of benzene rings is 1. The van der Waals surface area contributed by atoms with Gasteiger partial charge in [-0.25, -0.2) is 0 Å². The normalized spacial score (nSPS) is 12.9. The zero-order chi connectivity index (χ0) is 17.4. The van der Waals surface area contributed by atoms with Crippen LogP contribution < -0.4 is 15.4 Å². The predicted molar refractivity (Wildman–Crippen MR) is 87.4 cm³/mol. The highest BCUT2D eigenvalue weighted by molar-refractivity contribution is 5.94. The number of carbonyl (C=O) groups excluding carboxylic acids is 3. The third-order valence-corrected chi connectivity index (χ3v) is 3.22. The SMILES string of the molecule is CCCNC(=O)C(C)NC(=O)C(C)Oc1cccc(C(C)=O)c1. The minimum Gasteiger partial charge on any atom is -0.481 e. The summed E-state index contributed by atoms with van der Waals surface area (Å²) in [5.74, 6) is -0.263. The van der Waals surface area contributed by atoms with Gasteiger partial charge in [0.05, 0.1) is 0 Å². The number of carbonyl (C=O) groups is 3. The molecule has 1 aromatic rings. The highest BCUT2D eigenvalue weighted by Crippen LogP contribution is 2.15. The molecule has 0 radical (unpaired) electrons. The van der Waals surface area contributed by atoms with Gasteiger partial charge < -0.3 is 15.4 Å². The molecule has 0 fully saturated rings. The van der Waals surface area contributed by atoms with E-state index in [4.69, 9.17) is 4.74 Å². The predicted octanol–water partition coefficient (Wildman–Crippen LogP) is 1.69. The van der Waals surface area contributed by atoms with Gasteiger partial charge in [0.1, 0.15) is 11.8 Å². The molecule has 6 nitrogen and oxygen atoms in total. The van der Waals surface area contributed by atoms with Crippen LogP contribution >= 0.6 is 0 Å². The maximum Gasteiger partial charge on any atom is 0.261 e. The van der Waals surface area contributed by atoms with Crippen molar-refractivity contribution in [1.82, 2.24) is 10.6 Å². The number of nitrogens with one attached hydrogen (secondary N) is 2. The van der Waals surface area contributed by atoms with Gasteiger partial charge in [0.15, 0.2) is 11.9 Å². The van der Waals surface area contributed by atoms with Crippen LogP contribution in [0.5, 0.6) is 5.75 Å². The van der Waals surface area contributed by atoms with Crippen molar-refractivity contribution in [3.05, 3.63) is 29.8 Å². The van der Waals surface area contributed by atoms with Crippen molar-refractivity contribution in [3.63, 3.8) is 0 Å². The first kappa shape index (κ1) is 18.7. The molecule has 2 atom stereocenters. The quantitative estimate of drug-likeness (QED) is 0.714. The van der Waals surface area contributed by atoms with Gasteiger partial charge in [0, 0.05) is 12.1 Å². The van der Waals surface area contributed by atoms with E-state index in [0.29, 0.717) is 17.9 Å². The van der Waals surface area contributed by atoms with E-state index in [9.17, 15) is 14.4 Å². The average molecular weight is 320 g/mol. The van der Waals surface area contributed by atoms with Crippen LogP contribution in [0.4, 0.5) is 0 Å². The maximum absolute atomic E-state index is 12.1. The first-order valence-electron chi connectivity index (χ1n) is 7.70.